The highest BCUT2D eigenvalue weighted by Gasteiger charge is 2.39. The number of carbonyl (C=O) groups is 4. The molecule has 310 valence electrons. The SMILES string of the molecule is COC(=O)NC(C(=O)N1CCCC1c1ncc(-c2ccc(-c3ccc4cc(-c5cnc(C6CCCN6C(=O)C(NC(=O)OC)C(C)C)[nH]5)cnc4c3)c(F)c2)[nH]1)C(C)C. The molecule has 2 aliphatic heterocycles. The number of aromatic nitrogens is 5. The molecule has 2 fully saturated rings. The smallest absolute Gasteiger partial charge is 0.407 e. The van der Waals surface area contributed by atoms with Crippen molar-refractivity contribution in [2.75, 3.05) is 27.3 Å². The molecule has 2 aliphatic rings. The van der Waals surface area contributed by atoms with Gasteiger partial charge in [-0.3, -0.25) is 14.6 Å². The van der Waals surface area contributed by atoms with Crippen LogP contribution >= 0.6 is 0 Å². The van der Waals surface area contributed by atoms with E-state index in [9.17, 15) is 19.2 Å². The number of ether oxygens (including phenoxy) is 2. The van der Waals surface area contributed by atoms with Crippen LogP contribution in [0.3, 0.4) is 0 Å². The van der Waals surface area contributed by atoms with Gasteiger partial charge in [0.05, 0.1) is 55.6 Å². The van der Waals surface area contributed by atoms with E-state index in [0.717, 1.165) is 35.9 Å². The van der Waals surface area contributed by atoms with Crippen LogP contribution < -0.4 is 10.6 Å². The van der Waals surface area contributed by atoms with Crippen molar-refractivity contribution in [1.82, 2.24) is 45.4 Å². The Hall–Kier alpha value is -6.32. The van der Waals surface area contributed by atoms with Crippen molar-refractivity contribution in [1.29, 1.82) is 0 Å². The molecule has 0 spiro atoms. The molecule has 4 amide bonds. The molecule has 0 bridgehead atoms. The number of H-pyrrole nitrogens is 2. The number of methoxy groups -OCH3 is 2. The van der Waals surface area contributed by atoms with Crippen LogP contribution in [0.4, 0.5) is 14.0 Å². The average Bonchev–Trinajstić information content (AvgIpc) is 4.07. The number of pyridine rings is 1. The molecule has 3 aromatic heterocycles. The van der Waals surface area contributed by atoms with E-state index in [4.69, 9.17) is 14.5 Å². The van der Waals surface area contributed by atoms with Gasteiger partial charge < -0.3 is 39.9 Å². The second kappa shape index (κ2) is 17.3. The van der Waals surface area contributed by atoms with Crippen LogP contribution in [0, 0.1) is 17.7 Å². The number of hydrogen-bond acceptors (Lipinski definition) is 9. The maximum absolute atomic E-state index is 15.8. The Bertz CT molecular complexity index is 2360. The molecule has 59 heavy (non-hydrogen) atoms. The number of amides is 4. The van der Waals surface area contributed by atoms with Crippen LogP contribution in [0.2, 0.25) is 0 Å². The molecule has 2 aromatic carbocycles. The predicted octanol–water partition coefficient (Wildman–Crippen LogP) is 6.91. The zero-order valence-corrected chi connectivity index (χ0v) is 34.0. The molecule has 4 N–H and O–H groups in total. The first-order valence-corrected chi connectivity index (χ1v) is 20.0. The van der Waals surface area contributed by atoms with Gasteiger partial charge in [0, 0.05) is 41.4 Å². The molecule has 15 nitrogen and oxygen atoms in total. The number of hydrogen-bond donors (Lipinski definition) is 4. The lowest BCUT2D eigenvalue weighted by molar-refractivity contribution is -0.136. The van der Waals surface area contributed by atoms with Crippen molar-refractivity contribution >= 4 is 34.9 Å². The van der Waals surface area contributed by atoms with Gasteiger partial charge in [0.1, 0.15) is 29.5 Å². The highest BCUT2D eigenvalue weighted by atomic mass is 19.1. The second-order valence-corrected chi connectivity index (χ2v) is 15.8. The number of carbonyl (C=O) groups excluding carboxylic acids is 4. The van der Waals surface area contributed by atoms with Crippen LogP contribution in [0.15, 0.2) is 61.1 Å². The molecule has 4 unspecified atom stereocenters. The van der Waals surface area contributed by atoms with E-state index in [1.54, 1.807) is 34.5 Å². The quantitative estimate of drug-likeness (QED) is 0.110. The maximum Gasteiger partial charge on any atom is 0.407 e. The number of nitrogens with zero attached hydrogens (tertiary/aromatic N) is 5. The van der Waals surface area contributed by atoms with Gasteiger partial charge in [-0.15, -0.1) is 0 Å². The third-order valence-corrected chi connectivity index (χ3v) is 11.3. The van der Waals surface area contributed by atoms with Crippen molar-refractivity contribution in [3.05, 3.63) is 78.5 Å². The average molecular weight is 808 g/mol. The molecule has 0 radical (unpaired) electrons. The molecule has 5 aromatic rings. The minimum atomic E-state index is -0.743. The number of likely N-dealkylation sites (tertiary alicyclic amines) is 2. The Kier molecular flexibility index (Phi) is 12.0. The van der Waals surface area contributed by atoms with Gasteiger partial charge in [-0.2, -0.15) is 0 Å². The van der Waals surface area contributed by atoms with Gasteiger partial charge in [0.25, 0.3) is 0 Å². The van der Waals surface area contributed by atoms with Gasteiger partial charge in [0.2, 0.25) is 11.8 Å². The van der Waals surface area contributed by atoms with E-state index in [-0.39, 0.29) is 35.7 Å². The Balaban J connectivity index is 1.05. The minimum Gasteiger partial charge on any atom is -0.453 e. The van der Waals surface area contributed by atoms with Crippen molar-refractivity contribution < 1.29 is 33.0 Å². The van der Waals surface area contributed by atoms with Crippen molar-refractivity contribution in [2.24, 2.45) is 11.8 Å². The highest BCUT2D eigenvalue weighted by Crippen LogP contribution is 2.36. The van der Waals surface area contributed by atoms with E-state index in [1.807, 2.05) is 58.0 Å². The predicted molar refractivity (Wildman–Crippen MR) is 218 cm³/mol. The third-order valence-electron chi connectivity index (χ3n) is 11.3. The number of nitrogens with one attached hydrogen (secondary N) is 4. The molecule has 0 saturated carbocycles. The van der Waals surface area contributed by atoms with Gasteiger partial charge in [-0.1, -0.05) is 52.0 Å². The van der Waals surface area contributed by atoms with Gasteiger partial charge >= 0.3 is 12.2 Å². The zero-order valence-electron chi connectivity index (χ0n) is 34.0. The molecule has 16 heteroatoms. The highest BCUT2D eigenvalue weighted by molar-refractivity contribution is 5.89. The summed E-state index contributed by atoms with van der Waals surface area (Å²) in [6.07, 6.45) is 6.84. The minimum absolute atomic E-state index is 0.135. The van der Waals surface area contributed by atoms with Crippen molar-refractivity contribution in [3.63, 3.8) is 0 Å². The molecule has 0 aliphatic carbocycles. The monoisotopic (exact) mass is 807 g/mol. The maximum atomic E-state index is 15.8. The van der Waals surface area contributed by atoms with E-state index in [1.165, 1.54) is 20.3 Å². The summed E-state index contributed by atoms with van der Waals surface area (Å²) in [5, 5.41) is 6.19. The fourth-order valence-electron chi connectivity index (χ4n) is 8.04. The summed E-state index contributed by atoms with van der Waals surface area (Å²) >= 11 is 0. The number of rotatable bonds is 11. The van der Waals surface area contributed by atoms with Crippen molar-refractivity contribution in [2.45, 2.75) is 77.5 Å². The molecule has 5 heterocycles. The lowest BCUT2D eigenvalue weighted by atomic mass is 10.00. The molecular weight excluding hydrogens is 758 g/mol. The van der Waals surface area contributed by atoms with Gasteiger partial charge in [0.15, 0.2) is 0 Å². The van der Waals surface area contributed by atoms with Gasteiger partial charge in [-0.25, -0.2) is 23.9 Å². The van der Waals surface area contributed by atoms with Crippen LogP contribution in [-0.4, -0.2) is 98.1 Å². The van der Waals surface area contributed by atoms with Crippen molar-refractivity contribution in [3.8, 4) is 33.6 Å². The van der Waals surface area contributed by atoms with Crippen LogP contribution in [-0.2, 0) is 19.1 Å². The molecule has 4 atom stereocenters. The Morgan fingerprint density at radius 3 is 1.73 bits per heavy atom. The van der Waals surface area contributed by atoms with Gasteiger partial charge in [-0.05, 0) is 61.3 Å². The lowest BCUT2D eigenvalue weighted by Crippen LogP contribution is -2.51. The Morgan fingerprint density at radius 2 is 1.22 bits per heavy atom. The third kappa shape index (κ3) is 8.47. The Labute approximate surface area is 341 Å². The lowest BCUT2D eigenvalue weighted by Gasteiger charge is -2.30. The summed E-state index contributed by atoms with van der Waals surface area (Å²) in [5.41, 5.74) is 4.57. The van der Waals surface area contributed by atoms with Crippen LogP contribution in [0.25, 0.3) is 44.5 Å². The number of aromatic amines is 2. The van der Waals surface area contributed by atoms with E-state index in [2.05, 4.69) is 30.6 Å². The summed E-state index contributed by atoms with van der Waals surface area (Å²) in [6, 6.07) is 10.6. The molecule has 2 saturated heterocycles. The summed E-state index contributed by atoms with van der Waals surface area (Å²) in [7, 11) is 2.54. The number of alkyl carbamates (subject to hydrolysis) is 2. The second-order valence-electron chi connectivity index (χ2n) is 15.8. The zero-order chi connectivity index (χ0) is 42.0. The Morgan fingerprint density at radius 1 is 0.695 bits per heavy atom. The normalized spacial score (nSPS) is 17.7. The summed E-state index contributed by atoms with van der Waals surface area (Å²) in [5.74, 6) is 0.183. The van der Waals surface area contributed by atoms with E-state index in [0.29, 0.717) is 59.1 Å². The van der Waals surface area contributed by atoms with Crippen LogP contribution in [0.1, 0.15) is 77.1 Å². The molecular formula is C43H50FN9O6. The van der Waals surface area contributed by atoms with E-state index >= 15 is 4.39 Å². The van der Waals surface area contributed by atoms with Crippen LogP contribution in [0.5, 0.6) is 0 Å². The number of benzene rings is 2. The topological polar surface area (TPSA) is 188 Å². The summed E-state index contributed by atoms with van der Waals surface area (Å²) in [6.45, 7) is 8.58. The summed E-state index contributed by atoms with van der Waals surface area (Å²) < 4.78 is 25.3. The standard InChI is InChI=1S/C43H50FN9O6/c1-23(2)36(50-42(56)58-5)40(54)52-15-7-9-34(52)38-46-21-32(48-38)27-13-14-29(30(44)18-27)25-11-12-26-17-28(20-45-31(26)19-25)33-22-47-39(49-33)35-10-8-16-53(35)41(55)37(24(3)4)51-43(57)59-6/h11-14,17-24,34-37H,7-10,15-16H2,1-6H3,(H,46,48)(H,47,49)(H,50,56)(H,51,57). The largest absolute Gasteiger partial charge is 0.453 e. The van der Waals surface area contributed by atoms with E-state index < -0.39 is 30.1 Å². The fourth-order valence-corrected chi connectivity index (χ4v) is 8.04. The summed E-state index contributed by atoms with van der Waals surface area (Å²) in [4.78, 5) is 75.2. The fraction of sp³-hybridized carbons (Fsp3) is 0.419. The first kappa shape index (κ1) is 40.9. The number of imidazole rings is 2. The number of fused-ring (bicyclic) bond motifs is 1. The first-order valence-electron chi connectivity index (χ1n) is 20.0. The first-order chi connectivity index (χ1) is 28.4. The number of halogens is 1. The molecule has 7 rings (SSSR count).